The van der Waals surface area contributed by atoms with Crippen LogP contribution >= 0.6 is 0 Å². The van der Waals surface area contributed by atoms with E-state index in [2.05, 4.69) is 30.9 Å². The second-order valence-corrected chi connectivity index (χ2v) is 12.4. The second kappa shape index (κ2) is 10.4. The van der Waals surface area contributed by atoms with Gasteiger partial charge in [-0.3, -0.25) is 24.0 Å². The summed E-state index contributed by atoms with van der Waals surface area (Å²) in [5.41, 5.74) is 3.81. The Morgan fingerprint density at radius 2 is 1.58 bits per heavy atom. The van der Waals surface area contributed by atoms with Gasteiger partial charge < -0.3 is 35.0 Å². The highest BCUT2D eigenvalue weighted by molar-refractivity contribution is 6.10. The van der Waals surface area contributed by atoms with E-state index in [-0.39, 0.29) is 52.2 Å². The number of rotatable bonds is 6. The smallest absolute Gasteiger partial charge is 0.292 e. The lowest BCUT2D eigenvalue weighted by molar-refractivity contribution is -0.114. The number of piperidine rings is 1. The lowest BCUT2D eigenvalue weighted by atomic mass is 9.81. The zero-order valence-corrected chi connectivity index (χ0v) is 26.1. The molecule has 4 N–H and O–H groups in total. The van der Waals surface area contributed by atoms with Gasteiger partial charge in [-0.1, -0.05) is 24.3 Å². The minimum absolute atomic E-state index is 0.0448. The number of aromatic nitrogens is 5. The number of imidazole rings is 2. The number of hydrogen-bond acceptors (Lipinski definition) is 7. The van der Waals surface area contributed by atoms with Crippen molar-refractivity contribution in [2.45, 2.75) is 18.8 Å². The Bertz CT molecular complexity index is 2290. The molecule has 2 aliphatic carbocycles. The van der Waals surface area contributed by atoms with E-state index in [4.69, 9.17) is 0 Å². The molecule has 2 atom stereocenters. The largest absolute Gasteiger partial charge is 0.351 e. The van der Waals surface area contributed by atoms with Crippen molar-refractivity contribution in [2.75, 3.05) is 22.5 Å². The number of allylic oxidation sites excluding steroid dienone is 2. The number of aromatic amines is 1. The maximum Gasteiger partial charge on any atom is 0.292 e. The fraction of sp³-hybridized carbons (Fsp3) is 0.206. The van der Waals surface area contributed by atoms with Crippen LogP contribution in [0.4, 0.5) is 17.3 Å². The van der Waals surface area contributed by atoms with E-state index in [1.807, 2.05) is 24.3 Å². The maximum atomic E-state index is 13.8. The summed E-state index contributed by atoms with van der Waals surface area (Å²) in [5, 5.41) is 8.70. The standard InChI is InChI=1S/C34H29N9O5/c1-17(44)35-27-15-41(2)30(38-27)32(47)40-28-16-42(3)29(39-28)31(46)36-20-8-9-23-18(10-20)11-24(37-23)33(48)43-14-19-13-34(19)22-7-5-4-6-21(22)25(45)12-26(34)43/h4-12,15-16,19,37H,13-14H2,1-3H3,(H,35,44)(H,36,46)(H,40,47). The molecule has 3 aliphatic rings. The molecular formula is C34H29N9O5. The Morgan fingerprint density at radius 1 is 0.896 bits per heavy atom. The number of carbonyl (C=O) groups is 5. The first kappa shape index (κ1) is 29.1. The van der Waals surface area contributed by atoms with Crippen molar-refractivity contribution in [3.8, 4) is 0 Å². The Balaban J connectivity index is 0.970. The minimum Gasteiger partial charge on any atom is -0.351 e. The number of carbonyl (C=O) groups excluding carboxylic acids is 5. The van der Waals surface area contributed by atoms with Crippen LogP contribution in [0.2, 0.25) is 0 Å². The molecular weight excluding hydrogens is 614 g/mol. The van der Waals surface area contributed by atoms with E-state index < -0.39 is 11.8 Å². The van der Waals surface area contributed by atoms with Gasteiger partial charge in [0.2, 0.25) is 17.6 Å². The normalized spacial score (nSPS) is 18.9. The monoisotopic (exact) mass is 643 g/mol. The highest BCUT2D eigenvalue weighted by atomic mass is 16.2. The van der Waals surface area contributed by atoms with E-state index >= 15 is 0 Å². The quantitative estimate of drug-likeness (QED) is 0.219. The summed E-state index contributed by atoms with van der Waals surface area (Å²) in [6, 6.07) is 14.7. The van der Waals surface area contributed by atoms with Crippen molar-refractivity contribution in [2.24, 2.45) is 20.0 Å². The van der Waals surface area contributed by atoms with Crippen LogP contribution in [0.15, 0.2) is 72.7 Å². The molecule has 0 bridgehead atoms. The van der Waals surface area contributed by atoms with Crippen molar-refractivity contribution < 1.29 is 24.0 Å². The number of amides is 4. The Hall–Kier alpha value is -6.31. The van der Waals surface area contributed by atoms with Gasteiger partial charge in [-0.05, 0) is 42.2 Å². The fourth-order valence-electron chi connectivity index (χ4n) is 7.06. The summed E-state index contributed by atoms with van der Waals surface area (Å²) in [6.07, 6.45) is 5.56. The maximum absolute atomic E-state index is 13.8. The second-order valence-electron chi connectivity index (χ2n) is 12.4. The molecule has 14 nitrogen and oxygen atoms in total. The van der Waals surface area contributed by atoms with Crippen LogP contribution in [-0.2, 0) is 24.3 Å². The summed E-state index contributed by atoms with van der Waals surface area (Å²) < 4.78 is 2.94. The van der Waals surface area contributed by atoms with Gasteiger partial charge in [0.15, 0.2) is 17.4 Å². The third kappa shape index (κ3) is 4.52. The van der Waals surface area contributed by atoms with Crippen LogP contribution in [0, 0.1) is 5.92 Å². The molecule has 14 heteroatoms. The summed E-state index contributed by atoms with van der Waals surface area (Å²) in [6.45, 7) is 1.89. The molecule has 240 valence electrons. The zero-order chi connectivity index (χ0) is 33.5. The molecule has 1 aliphatic heterocycles. The van der Waals surface area contributed by atoms with Crippen LogP contribution in [0.5, 0.6) is 0 Å². The number of aryl methyl sites for hydroxylation is 2. The zero-order valence-electron chi connectivity index (χ0n) is 26.1. The highest BCUT2D eigenvalue weighted by Gasteiger charge is 2.67. The first-order chi connectivity index (χ1) is 23.0. The predicted octanol–water partition coefficient (Wildman–Crippen LogP) is 3.59. The van der Waals surface area contributed by atoms with E-state index in [1.54, 1.807) is 49.3 Å². The Kier molecular flexibility index (Phi) is 6.28. The molecule has 4 amide bonds. The first-order valence-electron chi connectivity index (χ1n) is 15.3. The Labute approximate surface area is 272 Å². The van der Waals surface area contributed by atoms with Crippen LogP contribution in [0.3, 0.4) is 0 Å². The SMILES string of the molecule is CC(=O)Nc1cn(C)c(C(=O)Nc2cn(C)c(C(=O)Nc3ccc4[nH]c(C(=O)N5CC6CC67C5=CC(=O)c5ccccc57)cc4c3)n2)n1. The molecule has 2 fully saturated rings. The van der Waals surface area contributed by atoms with Gasteiger partial charge in [-0.2, -0.15) is 0 Å². The number of ketones is 1. The van der Waals surface area contributed by atoms with Gasteiger partial charge in [0.1, 0.15) is 5.69 Å². The van der Waals surface area contributed by atoms with Crippen molar-refractivity contribution in [3.63, 3.8) is 0 Å². The summed E-state index contributed by atoms with van der Waals surface area (Å²) in [4.78, 5) is 77.4. The third-order valence-corrected chi connectivity index (χ3v) is 9.26. The highest BCUT2D eigenvalue weighted by Crippen LogP contribution is 2.66. The van der Waals surface area contributed by atoms with Gasteiger partial charge in [0, 0.05) is 79.3 Å². The third-order valence-electron chi connectivity index (χ3n) is 9.26. The van der Waals surface area contributed by atoms with E-state index in [9.17, 15) is 24.0 Å². The topological polar surface area (TPSA) is 176 Å². The molecule has 1 saturated carbocycles. The lowest BCUT2D eigenvalue weighted by Gasteiger charge is -2.29. The number of anilines is 3. The molecule has 2 aromatic carbocycles. The van der Waals surface area contributed by atoms with Gasteiger partial charge >= 0.3 is 0 Å². The molecule has 0 radical (unpaired) electrons. The number of hydrogen-bond donors (Lipinski definition) is 4. The van der Waals surface area contributed by atoms with Crippen molar-refractivity contribution in [1.82, 2.24) is 29.0 Å². The summed E-state index contributed by atoms with van der Waals surface area (Å²) >= 11 is 0. The predicted molar refractivity (Wildman–Crippen MR) is 175 cm³/mol. The van der Waals surface area contributed by atoms with Gasteiger partial charge in [0.05, 0.1) is 0 Å². The van der Waals surface area contributed by atoms with Crippen molar-refractivity contribution in [1.29, 1.82) is 0 Å². The summed E-state index contributed by atoms with van der Waals surface area (Å²) in [5.74, 6) is -0.935. The van der Waals surface area contributed by atoms with Crippen LogP contribution < -0.4 is 16.0 Å². The van der Waals surface area contributed by atoms with Crippen LogP contribution in [0.25, 0.3) is 10.9 Å². The number of likely N-dealkylation sites (tertiary alicyclic amines) is 1. The molecule has 48 heavy (non-hydrogen) atoms. The number of nitrogens with one attached hydrogen (secondary N) is 4. The molecule has 8 rings (SSSR count). The first-order valence-corrected chi connectivity index (χ1v) is 15.3. The number of nitrogens with zero attached hydrogens (tertiary/aromatic N) is 5. The van der Waals surface area contributed by atoms with Crippen molar-refractivity contribution in [3.05, 3.63) is 101 Å². The molecule has 2 unspecified atom stereocenters. The van der Waals surface area contributed by atoms with E-state index in [0.29, 0.717) is 29.0 Å². The van der Waals surface area contributed by atoms with Gasteiger partial charge in [-0.25, -0.2) is 9.97 Å². The van der Waals surface area contributed by atoms with E-state index in [1.165, 1.54) is 28.5 Å². The molecule has 1 spiro atoms. The number of H-pyrrole nitrogens is 1. The van der Waals surface area contributed by atoms with Gasteiger partial charge in [-0.15, -0.1) is 0 Å². The lowest BCUT2D eigenvalue weighted by Crippen LogP contribution is -2.33. The number of fused-ring (bicyclic) bond motifs is 2. The molecule has 4 heterocycles. The number of benzene rings is 2. The summed E-state index contributed by atoms with van der Waals surface area (Å²) in [7, 11) is 3.24. The average Bonchev–Trinajstić information content (AvgIpc) is 3.41. The van der Waals surface area contributed by atoms with E-state index in [0.717, 1.165) is 23.1 Å². The fourth-order valence-corrected chi connectivity index (χ4v) is 7.06. The molecule has 5 aromatic rings. The minimum atomic E-state index is -0.570. The van der Waals surface area contributed by atoms with Gasteiger partial charge in [0.25, 0.3) is 17.7 Å². The van der Waals surface area contributed by atoms with Crippen LogP contribution in [0.1, 0.15) is 61.0 Å². The average molecular weight is 644 g/mol. The molecule has 3 aromatic heterocycles. The van der Waals surface area contributed by atoms with Crippen LogP contribution in [-0.4, -0.2) is 64.9 Å². The Morgan fingerprint density at radius 3 is 2.31 bits per heavy atom. The van der Waals surface area contributed by atoms with Crippen molar-refractivity contribution >= 4 is 57.6 Å². The molecule has 1 saturated heterocycles.